The van der Waals surface area contributed by atoms with E-state index in [2.05, 4.69) is 31.1 Å². The van der Waals surface area contributed by atoms with Crippen molar-refractivity contribution >= 4 is 5.71 Å². The Hall–Kier alpha value is -3.23. The molecule has 0 unspecified atom stereocenters. The molecule has 0 amide bonds. The number of oxime groups is 1. The Bertz CT molecular complexity index is 1110. The Morgan fingerprint density at radius 2 is 2.00 bits per heavy atom. The van der Waals surface area contributed by atoms with E-state index >= 15 is 0 Å². The molecule has 3 aromatic rings. The molecule has 0 N–H and O–H groups in total. The van der Waals surface area contributed by atoms with E-state index in [1.807, 2.05) is 24.5 Å². The zero-order chi connectivity index (χ0) is 22.0. The van der Waals surface area contributed by atoms with Gasteiger partial charge in [0.2, 0.25) is 0 Å². The lowest BCUT2D eigenvalue weighted by atomic mass is 9.85. The van der Waals surface area contributed by atoms with Gasteiger partial charge in [0.05, 0.1) is 29.8 Å². The molecule has 0 atom stereocenters. The molecule has 7 nitrogen and oxygen atoms in total. The van der Waals surface area contributed by atoms with Crippen LogP contribution in [0.3, 0.4) is 0 Å². The van der Waals surface area contributed by atoms with Crippen molar-refractivity contribution in [2.75, 3.05) is 20.2 Å². The summed E-state index contributed by atoms with van der Waals surface area (Å²) >= 11 is 0. The maximum absolute atomic E-state index is 13.2. The second kappa shape index (κ2) is 8.72. The van der Waals surface area contributed by atoms with Crippen LogP contribution in [-0.2, 0) is 28.3 Å². The number of pyridine rings is 3. The van der Waals surface area contributed by atoms with E-state index in [-0.39, 0.29) is 5.60 Å². The maximum atomic E-state index is 13.2. The van der Waals surface area contributed by atoms with Crippen molar-refractivity contribution in [3.8, 4) is 0 Å². The van der Waals surface area contributed by atoms with E-state index in [4.69, 9.17) is 9.57 Å². The van der Waals surface area contributed by atoms with Crippen LogP contribution in [0.25, 0.3) is 0 Å². The Balaban J connectivity index is 1.25. The number of nitrogens with zero attached hydrogens (tertiary/aromatic N) is 5. The number of piperidine rings is 1. The van der Waals surface area contributed by atoms with Gasteiger partial charge in [-0.15, -0.1) is 0 Å². The molecule has 3 aromatic heterocycles. The van der Waals surface area contributed by atoms with E-state index in [1.54, 1.807) is 12.3 Å². The predicted molar refractivity (Wildman–Crippen MR) is 116 cm³/mol. The summed E-state index contributed by atoms with van der Waals surface area (Å²) in [7, 11) is 1.47. The van der Waals surface area contributed by atoms with Crippen LogP contribution in [0.15, 0.2) is 60.3 Å². The van der Waals surface area contributed by atoms with E-state index in [9.17, 15) is 4.39 Å². The van der Waals surface area contributed by atoms with Gasteiger partial charge in [-0.3, -0.25) is 19.9 Å². The van der Waals surface area contributed by atoms with Gasteiger partial charge in [0.1, 0.15) is 18.6 Å². The van der Waals surface area contributed by atoms with E-state index < -0.39 is 5.82 Å². The van der Waals surface area contributed by atoms with Crippen LogP contribution in [0.2, 0.25) is 0 Å². The fraction of sp³-hybridized carbons (Fsp3) is 0.333. The van der Waals surface area contributed by atoms with Crippen molar-refractivity contribution in [1.29, 1.82) is 0 Å². The summed E-state index contributed by atoms with van der Waals surface area (Å²) in [5.41, 5.74) is 5.09. The standard InChI is InChI=1S/C24H24FN5O2/c1-31-29-23(22-5-3-19(25)13-28-22)17-2-4-20(27-12-17)15-30-10-7-24(8-11-30)21-14-26-9-6-18(21)16-32-24/h2-6,9,12-14H,7-8,10-11,15-16H2,1H3. The third-order valence-corrected chi connectivity index (χ3v) is 6.21. The first-order chi connectivity index (χ1) is 15.7. The average Bonchev–Trinajstić information content (AvgIpc) is 3.19. The molecule has 0 aliphatic carbocycles. The van der Waals surface area contributed by atoms with Gasteiger partial charge in [-0.1, -0.05) is 5.16 Å². The van der Waals surface area contributed by atoms with Crippen molar-refractivity contribution in [2.45, 2.75) is 31.6 Å². The van der Waals surface area contributed by atoms with Crippen LogP contribution < -0.4 is 0 Å². The molecule has 32 heavy (non-hydrogen) atoms. The van der Waals surface area contributed by atoms with Crippen molar-refractivity contribution < 1.29 is 14.0 Å². The Kier molecular flexibility index (Phi) is 5.63. The lowest BCUT2D eigenvalue weighted by Gasteiger charge is -2.39. The molecule has 1 saturated heterocycles. The molecule has 0 radical (unpaired) electrons. The normalized spacial score (nSPS) is 18.0. The number of hydrogen-bond acceptors (Lipinski definition) is 7. The number of halogens is 1. The van der Waals surface area contributed by atoms with Gasteiger partial charge in [0, 0.05) is 49.4 Å². The highest BCUT2D eigenvalue weighted by Crippen LogP contribution is 2.43. The molecule has 1 fully saturated rings. The Labute approximate surface area is 185 Å². The quantitative estimate of drug-likeness (QED) is 0.454. The minimum Gasteiger partial charge on any atom is -0.399 e. The summed E-state index contributed by atoms with van der Waals surface area (Å²) in [6.45, 7) is 3.32. The molecule has 8 heteroatoms. The van der Waals surface area contributed by atoms with Gasteiger partial charge in [-0.25, -0.2) is 4.39 Å². The number of aromatic nitrogens is 3. The minimum absolute atomic E-state index is 0.189. The lowest BCUT2D eigenvalue weighted by molar-refractivity contribution is -0.0801. The smallest absolute Gasteiger partial charge is 0.141 e. The summed E-state index contributed by atoms with van der Waals surface area (Å²) in [4.78, 5) is 20.4. The molecule has 5 rings (SSSR count). The van der Waals surface area contributed by atoms with E-state index in [0.717, 1.165) is 49.9 Å². The highest BCUT2D eigenvalue weighted by molar-refractivity contribution is 6.11. The van der Waals surface area contributed by atoms with Crippen LogP contribution in [0.5, 0.6) is 0 Å². The van der Waals surface area contributed by atoms with E-state index in [1.165, 1.54) is 24.3 Å². The van der Waals surface area contributed by atoms with Crippen LogP contribution in [0.4, 0.5) is 4.39 Å². The van der Waals surface area contributed by atoms with Crippen molar-refractivity contribution in [1.82, 2.24) is 19.9 Å². The monoisotopic (exact) mass is 433 g/mol. The SMILES string of the molecule is CON=C(c1ccc(CN2CCC3(CC2)OCc2ccncc23)nc1)c1ccc(F)cn1. The molecule has 2 aliphatic heterocycles. The number of likely N-dealkylation sites (tertiary alicyclic amines) is 1. The molecule has 0 bridgehead atoms. The molecule has 0 aromatic carbocycles. The Morgan fingerprint density at radius 1 is 1.12 bits per heavy atom. The summed E-state index contributed by atoms with van der Waals surface area (Å²) in [6, 6.07) is 8.91. The molecule has 2 aliphatic rings. The summed E-state index contributed by atoms with van der Waals surface area (Å²) < 4.78 is 19.5. The fourth-order valence-corrected chi connectivity index (χ4v) is 4.48. The lowest BCUT2D eigenvalue weighted by Crippen LogP contribution is -2.42. The molecule has 1 spiro atoms. The van der Waals surface area contributed by atoms with Crippen molar-refractivity contribution in [3.05, 3.63) is 89.0 Å². The van der Waals surface area contributed by atoms with Gasteiger partial charge >= 0.3 is 0 Å². The average molecular weight is 433 g/mol. The summed E-state index contributed by atoms with van der Waals surface area (Å²) in [5, 5.41) is 4.06. The fourth-order valence-electron chi connectivity index (χ4n) is 4.48. The first-order valence-electron chi connectivity index (χ1n) is 10.6. The third kappa shape index (κ3) is 3.99. The number of rotatable bonds is 5. The molecule has 164 valence electrons. The molecule has 5 heterocycles. The van der Waals surface area contributed by atoms with Crippen LogP contribution >= 0.6 is 0 Å². The number of ether oxygens (including phenoxy) is 1. The second-order valence-corrected chi connectivity index (χ2v) is 8.11. The van der Waals surface area contributed by atoms with Crippen LogP contribution in [-0.4, -0.2) is 45.8 Å². The first kappa shape index (κ1) is 20.7. The first-order valence-corrected chi connectivity index (χ1v) is 10.6. The zero-order valence-electron chi connectivity index (χ0n) is 17.9. The molecular formula is C24H24FN5O2. The van der Waals surface area contributed by atoms with Crippen molar-refractivity contribution in [3.63, 3.8) is 0 Å². The van der Waals surface area contributed by atoms with Crippen LogP contribution in [0, 0.1) is 5.82 Å². The predicted octanol–water partition coefficient (Wildman–Crippen LogP) is 3.43. The summed E-state index contributed by atoms with van der Waals surface area (Å²) in [5.74, 6) is -0.398. The van der Waals surface area contributed by atoms with Crippen LogP contribution in [0.1, 0.15) is 40.9 Å². The second-order valence-electron chi connectivity index (χ2n) is 8.11. The topological polar surface area (TPSA) is 72.7 Å². The van der Waals surface area contributed by atoms with Gasteiger partial charge < -0.3 is 9.57 Å². The largest absolute Gasteiger partial charge is 0.399 e. The Morgan fingerprint density at radius 3 is 2.72 bits per heavy atom. The van der Waals surface area contributed by atoms with Gasteiger partial charge in [0.15, 0.2) is 0 Å². The van der Waals surface area contributed by atoms with E-state index in [0.29, 0.717) is 18.0 Å². The maximum Gasteiger partial charge on any atom is 0.141 e. The third-order valence-electron chi connectivity index (χ3n) is 6.21. The van der Waals surface area contributed by atoms with Gasteiger partial charge in [-0.05, 0) is 48.7 Å². The zero-order valence-corrected chi connectivity index (χ0v) is 17.9. The van der Waals surface area contributed by atoms with Gasteiger partial charge in [0.25, 0.3) is 0 Å². The summed E-state index contributed by atoms with van der Waals surface area (Å²) in [6.07, 6.45) is 8.61. The molecular weight excluding hydrogens is 409 g/mol. The highest BCUT2D eigenvalue weighted by Gasteiger charge is 2.42. The molecule has 0 saturated carbocycles. The number of hydrogen-bond donors (Lipinski definition) is 0. The number of fused-ring (bicyclic) bond motifs is 2. The van der Waals surface area contributed by atoms with Gasteiger partial charge in [-0.2, -0.15) is 0 Å². The minimum atomic E-state index is -0.398. The van der Waals surface area contributed by atoms with Crippen molar-refractivity contribution in [2.24, 2.45) is 5.16 Å². The highest BCUT2D eigenvalue weighted by atomic mass is 19.1.